The van der Waals surface area contributed by atoms with Crippen LogP contribution in [0.25, 0.3) is 38.6 Å². The van der Waals surface area contributed by atoms with Gasteiger partial charge in [-0.25, -0.2) is 17.6 Å². The number of halogens is 2. The first-order valence-electron chi connectivity index (χ1n) is 15.1. The van der Waals surface area contributed by atoms with E-state index in [1.165, 1.54) is 17.2 Å². The monoisotopic (exact) mass is 675 g/mol. The number of piperazine rings is 1. The fourth-order valence-corrected chi connectivity index (χ4v) is 9.43. The highest BCUT2D eigenvalue weighted by atomic mass is 35.5. The number of aromatic amines is 1. The number of fused-ring (bicyclic) bond motifs is 3. The van der Waals surface area contributed by atoms with E-state index in [9.17, 15) is 18.0 Å². The number of pyridine rings is 1. The van der Waals surface area contributed by atoms with E-state index in [-0.39, 0.29) is 63.7 Å². The molecular weight excluding hydrogens is 645 g/mol. The summed E-state index contributed by atoms with van der Waals surface area (Å²) in [6, 6.07) is 4.48. The summed E-state index contributed by atoms with van der Waals surface area (Å²) < 4.78 is 48.0. The minimum atomic E-state index is -4.29. The second kappa shape index (κ2) is 11.0. The van der Waals surface area contributed by atoms with Crippen molar-refractivity contribution in [2.24, 2.45) is 0 Å². The quantitative estimate of drug-likeness (QED) is 0.211. The predicted octanol–water partition coefficient (Wildman–Crippen LogP) is 4.85. The number of hydrogen-bond donors (Lipinski definition) is 1. The van der Waals surface area contributed by atoms with Crippen molar-refractivity contribution in [2.45, 2.75) is 44.6 Å². The standard InChI is InChI=1S/C33H31ClFN7O4S/c1-6-22(43)40-11-12-41-19(14-40)15-47(45,46)31-25-30(27(35)24(26(31)34)23-17(4)7-8-21-20(23)13-37-39-21)42(33(44)38-32(25)41)29-18(5)9-10-36-28(29)16(2)3/h6-10,13,16,19H,1,11-12,14-15H2,2-5H3,(H,37,39). The maximum Gasteiger partial charge on any atom is 0.354 e. The highest BCUT2D eigenvalue weighted by Crippen LogP contribution is 2.49. The summed E-state index contributed by atoms with van der Waals surface area (Å²) >= 11 is 7.11. The van der Waals surface area contributed by atoms with Crippen molar-refractivity contribution < 1.29 is 17.6 Å². The molecule has 5 aromatic rings. The topological polar surface area (TPSA) is 134 Å². The zero-order valence-electron chi connectivity index (χ0n) is 26.1. The van der Waals surface area contributed by atoms with Gasteiger partial charge in [0.15, 0.2) is 15.7 Å². The lowest BCUT2D eigenvalue weighted by Gasteiger charge is -2.41. The lowest BCUT2D eigenvalue weighted by atomic mass is 9.94. The molecular formula is C33H31ClFN7O4S. The second-order valence-corrected chi connectivity index (χ2v) is 14.7. The van der Waals surface area contributed by atoms with Gasteiger partial charge in [0, 0.05) is 42.3 Å². The molecule has 1 fully saturated rings. The van der Waals surface area contributed by atoms with Gasteiger partial charge < -0.3 is 9.80 Å². The number of aryl methyl sites for hydroxylation is 2. The molecule has 0 spiro atoms. The third-order valence-electron chi connectivity index (χ3n) is 9.12. The van der Waals surface area contributed by atoms with Crippen LogP contribution in [0.3, 0.4) is 0 Å². The van der Waals surface area contributed by atoms with Crippen molar-refractivity contribution in [3.63, 3.8) is 0 Å². The summed E-state index contributed by atoms with van der Waals surface area (Å²) in [4.78, 5) is 38.8. The summed E-state index contributed by atoms with van der Waals surface area (Å²) in [7, 11) is -4.29. The van der Waals surface area contributed by atoms with Crippen molar-refractivity contribution in [1.82, 2.24) is 29.6 Å². The predicted molar refractivity (Wildman–Crippen MR) is 179 cm³/mol. The van der Waals surface area contributed by atoms with Crippen LogP contribution in [0.4, 0.5) is 10.2 Å². The SMILES string of the molecule is C=CC(=O)N1CCN2c3nc(=O)n(-c4c(C)ccnc4C(C)C)c4c(F)c(-c5c(C)ccc6[nH]ncc56)c(Cl)c(c34)S(=O)(=O)CC2C1. The van der Waals surface area contributed by atoms with Crippen LogP contribution in [0.2, 0.25) is 5.02 Å². The van der Waals surface area contributed by atoms with Crippen molar-refractivity contribution in [3.8, 4) is 16.8 Å². The average molecular weight is 676 g/mol. The molecule has 47 heavy (non-hydrogen) atoms. The van der Waals surface area contributed by atoms with E-state index >= 15 is 4.39 Å². The van der Waals surface area contributed by atoms with E-state index in [1.54, 1.807) is 43.1 Å². The van der Waals surface area contributed by atoms with E-state index < -0.39 is 33.1 Å². The van der Waals surface area contributed by atoms with Gasteiger partial charge in [0.2, 0.25) is 5.91 Å². The Balaban J connectivity index is 1.69. The summed E-state index contributed by atoms with van der Waals surface area (Å²) in [6.07, 6.45) is 4.32. The lowest BCUT2D eigenvalue weighted by molar-refractivity contribution is -0.126. The van der Waals surface area contributed by atoms with E-state index in [0.29, 0.717) is 39.0 Å². The van der Waals surface area contributed by atoms with Crippen molar-refractivity contribution in [3.05, 3.63) is 81.4 Å². The summed E-state index contributed by atoms with van der Waals surface area (Å²) in [5.74, 6) is -1.84. The highest BCUT2D eigenvalue weighted by Gasteiger charge is 2.43. The van der Waals surface area contributed by atoms with Crippen LogP contribution in [-0.2, 0) is 14.6 Å². The van der Waals surface area contributed by atoms with Crippen LogP contribution in [0.5, 0.6) is 0 Å². The lowest BCUT2D eigenvalue weighted by Crippen LogP contribution is -2.57. The number of sulfone groups is 1. The number of hydrogen-bond acceptors (Lipinski definition) is 8. The maximum atomic E-state index is 17.8. The molecule has 1 saturated heterocycles. The maximum absolute atomic E-state index is 17.8. The van der Waals surface area contributed by atoms with Crippen LogP contribution >= 0.6 is 11.6 Å². The van der Waals surface area contributed by atoms with Gasteiger partial charge in [0.25, 0.3) is 0 Å². The first-order chi connectivity index (χ1) is 22.4. The molecule has 11 nitrogen and oxygen atoms in total. The summed E-state index contributed by atoms with van der Waals surface area (Å²) in [5, 5.41) is 7.14. The number of amides is 1. The van der Waals surface area contributed by atoms with E-state index in [4.69, 9.17) is 11.6 Å². The molecule has 2 aliphatic rings. The molecule has 0 aliphatic carbocycles. The van der Waals surface area contributed by atoms with Gasteiger partial charge in [0.05, 0.1) is 55.7 Å². The Morgan fingerprint density at radius 1 is 1.17 bits per heavy atom. The molecule has 5 heterocycles. The number of rotatable bonds is 4. The molecule has 2 aliphatic heterocycles. The van der Waals surface area contributed by atoms with Crippen LogP contribution in [0, 0.1) is 19.7 Å². The molecule has 0 radical (unpaired) electrons. The second-order valence-electron chi connectivity index (χ2n) is 12.3. The minimum absolute atomic E-state index is 0.00580. The van der Waals surface area contributed by atoms with Crippen molar-refractivity contribution in [2.75, 3.05) is 30.3 Å². The first kappa shape index (κ1) is 31.0. The number of nitrogens with zero attached hydrogens (tertiary/aromatic N) is 6. The van der Waals surface area contributed by atoms with Gasteiger partial charge in [-0.1, -0.05) is 38.1 Å². The van der Waals surface area contributed by atoms with Crippen LogP contribution in [0.15, 0.2) is 52.9 Å². The summed E-state index contributed by atoms with van der Waals surface area (Å²) in [6.45, 7) is 11.3. The van der Waals surface area contributed by atoms with Crippen molar-refractivity contribution in [1.29, 1.82) is 0 Å². The Labute approximate surface area is 274 Å². The third-order valence-corrected chi connectivity index (χ3v) is 11.5. The van der Waals surface area contributed by atoms with Gasteiger partial charge in [-0.2, -0.15) is 10.1 Å². The zero-order chi connectivity index (χ0) is 33.5. The molecule has 0 bridgehead atoms. The van der Waals surface area contributed by atoms with Gasteiger partial charge in [-0.3, -0.25) is 19.4 Å². The van der Waals surface area contributed by atoms with Crippen LogP contribution < -0.4 is 10.6 Å². The fraction of sp³-hybridized carbons (Fsp3) is 0.303. The average Bonchev–Trinajstić information content (AvgIpc) is 3.47. The number of nitrogens with one attached hydrogen (secondary N) is 1. The number of benzene rings is 2. The van der Waals surface area contributed by atoms with Gasteiger partial charge in [0.1, 0.15) is 5.82 Å². The Morgan fingerprint density at radius 2 is 1.94 bits per heavy atom. The molecule has 1 amide bonds. The van der Waals surface area contributed by atoms with Gasteiger partial charge in [-0.05, 0) is 49.1 Å². The molecule has 1 atom stereocenters. The number of carbonyl (C=O) groups excluding carboxylic acids is 1. The number of anilines is 1. The smallest absolute Gasteiger partial charge is 0.348 e. The highest BCUT2D eigenvalue weighted by molar-refractivity contribution is 7.91. The Hall–Kier alpha value is -4.62. The van der Waals surface area contributed by atoms with Crippen LogP contribution in [0.1, 0.15) is 36.6 Å². The molecule has 1 unspecified atom stereocenters. The number of H-pyrrole nitrogens is 1. The number of aromatic nitrogens is 5. The Kier molecular flexibility index (Phi) is 7.24. The normalized spacial score (nSPS) is 17.3. The molecule has 2 aromatic carbocycles. The summed E-state index contributed by atoms with van der Waals surface area (Å²) in [5.41, 5.74) is 1.80. The van der Waals surface area contributed by atoms with E-state index in [1.807, 2.05) is 13.8 Å². The Bertz CT molecular complexity index is 2350. The number of carbonyl (C=O) groups is 1. The minimum Gasteiger partial charge on any atom is -0.348 e. The third kappa shape index (κ3) is 4.58. The fourth-order valence-electron chi connectivity index (χ4n) is 6.98. The zero-order valence-corrected chi connectivity index (χ0v) is 27.7. The molecule has 14 heteroatoms. The molecule has 3 aromatic heterocycles. The first-order valence-corrected chi connectivity index (χ1v) is 17.2. The molecule has 242 valence electrons. The van der Waals surface area contributed by atoms with E-state index in [0.717, 1.165) is 4.57 Å². The van der Waals surface area contributed by atoms with Gasteiger partial charge >= 0.3 is 5.69 Å². The Morgan fingerprint density at radius 3 is 2.66 bits per heavy atom. The van der Waals surface area contributed by atoms with Gasteiger partial charge in [-0.15, -0.1) is 0 Å². The van der Waals surface area contributed by atoms with Crippen molar-refractivity contribution >= 4 is 55.0 Å². The largest absolute Gasteiger partial charge is 0.354 e. The van der Waals surface area contributed by atoms with E-state index in [2.05, 4.69) is 26.7 Å². The molecule has 1 N–H and O–H groups in total. The molecule has 7 rings (SSSR count). The molecule has 0 saturated carbocycles. The van der Waals surface area contributed by atoms with Crippen LogP contribution in [-0.4, -0.2) is 75.4 Å².